The van der Waals surface area contributed by atoms with Gasteiger partial charge in [-0.3, -0.25) is 9.59 Å². The zero-order chi connectivity index (χ0) is 17.7. The number of anilines is 1. The Morgan fingerprint density at radius 2 is 2.12 bits per heavy atom. The molecule has 1 aliphatic rings. The van der Waals surface area contributed by atoms with Crippen LogP contribution in [0.3, 0.4) is 0 Å². The third kappa shape index (κ3) is 5.10. The van der Waals surface area contributed by atoms with Gasteiger partial charge in [0.1, 0.15) is 6.61 Å². The van der Waals surface area contributed by atoms with Crippen molar-refractivity contribution in [2.75, 3.05) is 31.2 Å². The highest BCUT2D eigenvalue weighted by atomic mass is 35.5. The summed E-state index contributed by atoms with van der Waals surface area (Å²) < 4.78 is 40.3. The number of benzene rings is 1. The quantitative estimate of drug-likeness (QED) is 0.790. The molecule has 1 saturated heterocycles. The first-order chi connectivity index (χ1) is 11.3. The first-order valence-electron chi connectivity index (χ1n) is 7.30. The van der Waals surface area contributed by atoms with Crippen molar-refractivity contribution in [1.29, 1.82) is 0 Å². The lowest BCUT2D eigenvalue weighted by molar-refractivity contribution is -0.173. The molecule has 0 unspecified atom stereocenters. The number of hydrogen-bond acceptors (Lipinski definition) is 3. The molecule has 1 fully saturated rings. The van der Waals surface area contributed by atoms with Crippen LogP contribution in [0.25, 0.3) is 0 Å². The maximum Gasteiger partial charge on any atom is 0.411 e. The molecule has 132 valence electrons. The number of halogens is 4. The minimum Gasteiger partial charge on any atom is -0.370 e. The van der Waals surface area contributed by atoms with Gasteiger partial charge in [-0.05, 0) is 24.6 Å². The topological polar surface area (TPSA) is 58.6 Å². The lowest BCUT2D eigenvalue weighted by Crippen LogP contribution is -2.32. The lowest BCUT2D eigenvalue weighted by Gasteiger charge is -2.19. The molecular weight excluding hydrogens is 349 g/mol. The highest BCUT2D eigenvalue weighted by Crippen LogP contribution is 2.28. The van der Waals surface area contributed by atoms with Gasteiger partial charge in [-0.1, -0.05) is 11.6 Å². The van der Waals surface area contributed by atoms with Gasteiger partial charge in [0.2, 0.25) is 5.91 Å². The molecule has 9 heteroatoms. The van der Waals surface area contributed by atoms with E-state index >= 15 is 0 Å². The van der Waals surface area contributed by atoms with Crippen LogP contribution in [-0.2, 0) is 9.53 Å². The van der Waals surface area contributed by atoms with Crippen LogP contribution in [0.2, 0.25) is 5.02 Å². The van der Waals surface area contributed by atoms with Gasteiger partial charge in [-0.2, -0.15) is 13.2 Å². The molecule has 0 aliphatic carbocycles. The molecule has 2 rings (SSSR count). The largest absolute Gasteiger partial charge is 0.411 e. The molecular formula is C15H16ClF3N2O3. The zero-order valence-electron chi connectivity index (χ0n) is 12.7. The second kappa shape index (κ2) is 7.85. The predicted octanol–water partition coefficient (Wildman–Crippen LogP) is 2.78. The molecule has 0 saturated carbocycles. The first kappa shape index (κ1) is 18.5. The van der Waals surface area contributed by atoms with Crippen molar-refractivity contribution >= 4 is 29.1 Å². The smallest absolute Gasteiger partial charge is 0.370 e. The average Bonchev–Trinajstić information content (AvgIpc) is 2.91. The summed E-state index contributed by atoms with van der Waals surface area (Å²) in [6, 6.07) is 4.52. The summed E-state index contributed by atoms with van der Waals surface area (Å²) in [4.78, 5) is 25.6. The van der Waals surface area contributed by atoms with Crippen molar-refractivity contribution in [3.05, 3.63) is 28.8 Å². The minimum absolute atomic E-state index is 0.0784. The van der Waals surface area contributed by atoms with E-state index in [2.05, 4.69) is 10.1 Å². The van der Waals surface area contributed by atoms with Crippen LogP contribution in [0.4, 0.5) is 18.9 Å². The third-order valence-electron chi connectivity index (χ3n) is 3.37. The van der Waals surface area contributed by atoms with E-state index in [-0.39, 0.29) is 24.6 Å². The SMILES string of the molecule is O=C(NCCOCC(F)(F)F)c1ccc(Cl)cc1N1CCCC1=O. The maximum atomic E-state index is 12.2. The van der Waals surface area contributed by atoms with Crippen LogP contribution in [0, 0.1) is 0 Å². The number of carbonyl (C=O) groups is 2. The number of amides is 2. The Labute approximate surface area is 141 Å². The van der Waals surface area contributed by atoms with Gasteiger partial charge in [-0.25, -0.2) is 0 Å². The van der Waals surface area contributed by atoms with Gasteiger partial charge in [0, 0.05) is 24.5 Å². The molecule has 24 heavy (non-hydrogen) atoms. The van der Waals surface area contributed by atoms with E-state index in [1.165, 1.54) is 23.1 Å². The van der Waals surface area contributed by atoms with Crippen molar-refractivity contribution < 1.29 is 27.5 Å². The minimum atomic E-state index is -4.40. The molecule has 0 aromatic heterocycles. The Hall–Kier alpha value is -1.80. The van der Waals surface area contributed by atoms with Crippen molar-refractivity contribution in [2.24, 2.45) is 0 Å². The Kier molecular flexibility index (Phi) is 6.06. The second-order valence-electron chi connectivity index (χ2n) is 5.23. The van der Waals surface area contributed by atoms with E-state index < -0.39 is 18.7 Å². The van der Waals surface area contributed by atoms with Crippen molar-refractivity contribution in [3.8, 4) is 0 Å². The fraction of sp³-hybridized carbons (Fsp3) is 0.467. The molecule has 0 radical (unpaired) electrons. The van der Waals surface area contributed by atoms with Crippen molar-refractivity contribution in [2.45, 2.75) is 19.0 Å². The molecule has 1 N–H and O–H groups in total. The Balaban J connectivity index is 1.98. The highest BCUT2D eigenvalue weighted by molar-refractivity contribution is 6.31. The molecule has 2 amide bonds. The van der Waals surface area contributed by atoms with E-state index in [4.69, 9.17) is 11.6 Å². The van der Waals surface area contributed by atoms with Crippen LogP contribution < -0.4 is 10.2 Å². The van der Waals surface area contributed by atoms with Crippen LogP contribution >= 0.6 is 11.6 Å². The molecule has 5 nitrogen and oxygen atoms in total. The summed E-state index contributed by atoms with van der Waals surface area (Å²) >= 11 is 5.94. The van der Waals surface area contributed by atoms with Gasteiger partial charge >= 0.3 is 6.18 Å². The summed E-state index contributed by atoms with van der Waals surface area (Å²) in [7, 11) is 0. The molecule has 1 aliphatic heterocycles. The number of alkyl halides is 3. The van der Waals surface area contributed by atoms with Gasteiger partial charge in [0.15, 0.2) is 0 Å². The van der Waals surface area contributed by atoms with Gasteiger partial charge < -0.3 is 15.0 Å². The number of nitrogens with zero attached hydrogens (tertiary/aromatic N) is 1. The van der Waals surface area contributed by atoms with E-state index in [9.17, 15) is 22.8 Å². The first-order valence-corrected chi connectivity index (χ1v) is 7.68. The molecule has 0 bridgehead atoms. The Morgan fingerprint density at radius 1 is 1.38 bits per heavy atom. The standard InChI is InChI=1S/C15H16ClF3N2O3/c16-10-3-4-11(12(8-10)21-6-1-2-13(21)22)14(23)20-5-7-24-9-15(17,18)19/h3-4,8H,1-2,5-7,9H2,(H,20,23). The molecule has 0 atom stereocenters. The number of ether oxygens (including phenoxy) is 1. The maximum absolute atomic E-state index is 12.2. The average molecular weight is 365 g/mol. The number of carbonyl (C=O) groups excluding carboxylic acids is 2. The molecule has 1 aromatic rings. The fourth-order valence-corrected chi connectivity index (χ4v) is 2.51. The zero-order valence-corrected chi connectivity index (χ0v) is 13.4. The van der Waals surface area contributed by atoms with E-state index in [0.29, 0.717) is 30.1 Å². The van der Waals surface area contributed by atoms with E-state index in [0.717, 1.165) is 0 Å². The van der Waals surface area contributed by atoms with Gasteiger partial charge in [0.05, 0.1) is 17.9 Å². The molecule has 0 spiro atoms. The molecule has 1 heterocycles. The van der Waals surface area contributed by atoms with E-state index in [1.807, 2.05) is 0 Å². The fourth-order valence-electron chi connectivity index (χ4n) is 2.34. The number of rotatable bonds is 6. The summed E-state index contributed by atoms with van der Waals surface area (Å²) in [5.41, 5.74) is 0.643. The van der Waals surface area contributed by atoms with Crippen LogP contribution in [-0.4, -0.2) is 44.3 Å². The van der Waals surface area contributed by atoms with Crippen LogP contribution in [0.15, 0.2) is 18.2 Å². The summed E-state index contributed by atoms with van der Waals surface area (Å²) in [5.74, 6) is -0.600. The normalized spacial score (nSPS) is 15.0. The van der Waals surface area contributed by atoms with Gasteiger partial charge in [0.25, 0.3) is 5.91 Å². The monoisotopic (exact) mass is 364 g/mol. The Bertz CT molecular complexity index is 622. The van der Waals surface area contributed by atoms with Crippen molar-refractivity contribution in [3.63, 3.8) is 0 Å². The lowest BCUT2D eigenvalue weighted by atomic mass is 10.1. The van der Waals surface area contributed by atoms with Gasteiger partial charge in [-0.15, -0.1) is 0 Å². The summed E-state index contributed by atoms with van der Waals surface area (Å²) in [6.07, 6.45) is -3.31. The predicted molar refractivity (Wildman–Crippen MR) is 82.2 cm³/mol. The van der Waals surface area contributed by atoms with Crippen molar-refractivity contribution in [1.82, 2.24) is 5.32 Å². The highest BCUT2D eigenvalue weighted by Gasteiger charge is 2.28. The molecule has 1 aromatic carbocycles. The third-order valence-corrected chi connectivity index (χ3v) is 3.60. The number of hydrogen-bond donors (Lipinski definition) is 1. The van der Waals surface area contributed by atoms with E-state index in [1.54, 1.807) is 0 Å². The number of nitrogens with one attached hydrogen (secondary N) is 1. The second-order valence-corrected chi connectivity index (χ2v) is 5.67. The summed E-state index contributed by atoms with van der Waals surface area (Å²) in [6.45, 7) is -1.22. The van der Waals surface area contributed by atoms with Crippen LogP contribution in [0.5, 0.6) is 0 Å². The van der Waals surface area contributed by atoms with Crippen LogP contribution in [0.1, 0.15) is 23.2 Å². The Morgan fingerprint density at radius 3 is 2.75 bits per heavy atom. The summed E-state index contributed by atoms with van der Waals surface area (Å²) in [5, 5.41) is 2.86.